The first kappa shape index (κ1) is 31.3. The Kier molecular flexibility index (Phi) is 8.36. The Morgan fingerprint density at radius 1 is 1.04 bits per heavy atom. The zero-order valence-corrected chi connectivity index (χ0v) is 28.3. The summed E-state index contributed by atoms with van der Waals surface area (Å²) in [4.78, 5) is 27.6. The zero-order chi connectivity index (χ0) is 31.5. The molecule has 1 aromatic rings. The third-order valence-corrected chi connectivity index (χ3v) is 13.7. The Labute approximate surface area is 270 Å². The Morgan fingerprint density at radius 3 is 2.62 bits per heavy atom. The van der Waals surface area contributed by atoms with E-state index in [-0.39, 0.29) is 41.8 Å². The number of hydrogen-bond donors (Lipinski definition) is 0. The van der Waals surface area contributed by atoms with Crippen LogP contribution in [-0.4, -0.2) is 47.4 Å². The number of allylic oxidation sites excluding steroid dienone is 1. The summed E-state index contributed by atoms with van der Waals surface area (Å²) in [5.41, 5.74) is 4.46. The summed E-state index contributed by atoms with van der Waals surface area (Å²) in [6, 6.07) is 10.1. The zero-order valence-electron chi connectivity index (χ0n) is 28.3. The monoisotopic (exact) mass is 617 g/mol. The molecule has 6 aliphatic rings. The molecular formula is C39H55NO5. The molecule has 0 bridgehead atoms. The van der Waals surface area contributed by atoms with Crippen molar-refractivity contribution < 1.29 is 23.8 Å². The van der Waals surface area contributed by atoms with Crippen LogP contribution in [0.3, 0.4) is 0 Å². The second kappa shape index (κ2) is 12.0. The highest BCUT2D eigenvalue weighted by Gasteiger charge is 2.61. The number of ether oxygens (including phenoxy) is 3. The number of rotatable bonds is 4. The first-order chi connectivity index (χ1) is 21.6. The molecule has 0 aromatic heterocycles. The van der Waals surface area contributed by atoms with Gasteiger partial charge in [0.1, 0.15) is 12.7 Å². The minimum atomic E-state index is -0.212. The predicted molar refractivity (Wildman–Crippen MR) is 174 cm³/mol. The molecule has 7 rings (SSSR count). The molecule has 6 nitrogen and oxygen atoms in total. The molecule has 2 heterocycles. The second-order valence-corrected chi connectivity index (χ2v) is 16.2. The Bertz CT molecular complexity index is 1310. The van der Waals surface area contributed by atoms with Crippen LogP contribution in [0.4, 0.5) is 4.79 Å². The molecule has 2 aliphatic heterocycles. The molecule has 1 aromatic carbocycles. The largest absolute Gasteiger partial charge is 0.462 e. The fourth-order valence-electron chi connectivity index (χ4n) is 11.4. The third-order valence-electron chi connectivity index (χ3n) is 13.7. The molecular weight excluding hydrogens is 562 g/mol. The lowest BCUT2D eigenvalue weighted by Gasteiger charge is -2.54. The molecule has 0 unspecified atom stereocenters. The van der Waals surface area contributed by atoms with Gasteiger partial charge in [-0.1, -0.05) is 69.2 Å². The topological polar surface area (TPSA) is 65.1 Å². The fraction of sp³-hybridized carbons (Fsp3) is 0.744. The van der Waals surface area contributed by atoms with E-state index in [9.17, 15) is 9.59 Å². The Hall–Kier alpha value is -2.34. The average molecular weight is 618 g/mol. The molecule has 45 heavy (non-hydrogen) atoms. The van der Waals surface area contributed by atoms with Crippen molar-refractivity contribution in [3.8, 4) is 0 Å². The third kappa shape index (κ3) is 5.45. The van der Waals surface area contributed by atoms with E-state index in [0.717, 1.165) is 56.0 Å². The van der Waals surface area contributed by atoms with Gasteiger partial charge in [0.05, 0.1) is 17.7 Å². The summed E-state index contributed by atoms with van der Waals surface area (Å²) in [6.45, 7) is 12.5. The van der Waals surface area contributed by atoms with Gasteiger partial charge in [-0.05, 0) is 112 Å². The van der Waals surface area contributed by atoms with Crippen molar-refractivity contribution in [2.75, 3.05) is 6.54 Å². The van der Waals surface area contributed by atoms with Gasteiger partial charge in [-0.15, -0.1) is 0 Å². The molecule has 246 valence electrons. The number of amides is 1. The second-order valence-electron chi connectivity index (χ2n) is 16.2. The first-order valence-corrected chi connectivity index (χ1v) is 18.1. The normalized spacial score (nSPS) is 42.3. The van der Waals surface area contributed by atoms with Crippen LogP contribution in [0.25, 0.3) is 0 Å². The van der Waals surface area contributed by atoms with E-state index in [1.54, 1.807) is 11.1 Å². The minimum Gasteiger partial charge on any atom is -0.462 e. The molecule has 3 saturated carbocycles. The van der Waals surface area contributed by atoms with Crippen molar-refractivity contribution in [3.05, 3.63) is 47.0 Å². The van der Waals surface area contributed by atoms with Crippen molar-refractivity contribution in [1.29, 1.82) is 0 Å². The molecule has 0 radical (unpaired) electrons. The number of hydrogen-bond acceptors (Lipinski definition) is 5. The molecule has 4 aliphatic carbocycles. The van der Waals surface area contributed by atoms with E-state index in [4.69, 9.17) is 14.2 Å². The summed E-state index contributed by atoms with van der Waals surface area (Å²) in [5.74, 6) is 3.42. The van der Waals surface area contributed by atoms with E-state index < -0.39 is 0 Å². The van der Waals surface area contributed by atoms with Gasteiger partial charge < -0.3 is 19.1 Å². The summed E-state index contributed by atoms with van der Waals surface area (Å²) in [5, 5.41) is 0. The van der Waals surface area contributed by atoms with Gasteiger partial charge >= 0.3 is 12.1 Å². The van der Waals surface area contributed by atoms with E-state index in [1.807, 2.05) is 42.2 Å². The van der Waals surface area contributed by atoms with Crippen LogP contribution in [0.2, 0.25) is 0 Å². The molecule has 1 amide bonds. The highest BCUT2D eigenvalue weighted by Crippen LogP contribution is 2.65. The van der Waals surface area contributed by atoms with Crippen molar-refractivity contribution >= 4 is 12.1 Å². The van der Waals surface area contributed by atoms with Crippen LogP contribution >= 0.6 is 0 Å². The summed E-state index contributed by atoms with van der Waals surface area (Å²) >= 11 is 0. The van der Waals surface area contributed by atoms with Crippen molar-refractivity contribution in [2.45, 2.75) is 136 Å². The average Bonchev–Trinajstić information content (AvgIpc) is 3.50. The van der Waals surface area contributed by atoms with Crippen LogP contribution in [0.5, 0.6) is 0 Å². The number of esters is 1. The van der Waals surface area contributed by atoms with Gasteiger partial charge in [-0.25, -0.2) is 4.79 Å². The molecule has 11 atom stereocenters. The van der Waals surface area contributed by atoms with E-state index in [0.29, 0.717) is 36.2 Å². The van der Waals surface area contributed by atoms with Gasteiger partial charge in [0, 0.05) is 18.9 Å². The number of likely N-dealkylation sites (tertiary alicyclic amines) is 1. The minimum absolute atomic E-state index is 0.0417. The van der Waals surface area contributed by atoms with Crippen molar-refractivity contribution in [1.82, 2.24) is 4.90 Å². The summed E-state index contributed by atoms with van der Waals surface area (Å²) in [6.07, 6.45) is 11.8. The summed E-state index contributed by atoms with van der Waals surface area (Å²) < 4.78 is 18.9. The van der Waals surface area contributed by atoms with Gasteiger partial charge in [0.25, 0.3) is 0 Å². The van der Waals surface area contributed by atoms with Crippen LogP contribution < -0.4 is 0 Å². The quantitative estimate of drug-likeness (QED) is 0.250. The summed E-state index contributed by atoms with van der Waals surface area (Å²) in [7, 11) is 0. The van der Waals surface area contributed by atoms with Crippen LogP contribution in [0.15, 0.2) is 41.5 Å². The lowest BCUT2D eigenvalue weighted by atomic mass is 9.52. The van der Waals surface area contributed by atoms with E-state index >= 15 is 0 Å². The number of nitrogens with zero attached hydrogens (tertiary/aromatic N) is 1. The number of carbonyl (C=O) groups excluding carboxylic acids is 2. The van der Waals surface area contributed by atoms with Gasteiger partial charge in [0.2, 0.25) is 0 Å². The Balaban J connectivity index is 1.07. The number of benzene rings is 1. The van der Waals surface area contributed by atoms with Gasteiger partial charge in [-0.2, -0.15) is 0 Å². The molecule has 6 heteroatoms. The van der Waals surface area contributed by atoms with Crippen LogP contribution in [-0.2, 0) is 25.6 Å². The number of carbonyl (C=O) groups is 2. The maximum Gasteiger partial charge on any atom is 0.410 e. The SMILES string of the molecule is CCC(=O)O[C@@H]1CC[C@@]2(C)[C@H](CC[C@H]3[C@@H]4CC[C@@]5(CC(C)=C4C[C@@H]32)O[C@@H]2C[C@H](C)CN(C(=O)OCc3ccccc3)[C@H]2[C@H]5C)C1. The first-order valence-electron chi connectivity index (χ1n) is 18.1. The van der Waals surface area contributed by atoms with Gasteiger partial charge in [-0.3, -0.25) is 4.79 Å². The van der Waals surface area contributed by atoms with Crippen LogP contribution in [0.1, 0.15) is 111 Å². The van der Waals surface area contributed by atoms with Crippen molar-refractivity contribution in [3.63, 3.8) is 0 Å². The van der Waals surface area contributed by atoms with E-state index in [2.05, 4.69) is 27.7 Å². The predicted octanol–water partition coefficient (Wildman–Crippen LogP) is 8.48. The lowest BCUT2D eigenvalue weighted by molar-refractivity contribution is -0.156. The molecule has 0 N–H and O–H groups in total. The maximum absolute atomic E-state index is 13.6. The Morgan fingerprint density at radius 2 is 1.84 bits per heavy atom. The fourth-order valence-corrected chi connectivity index (χ4v) is 11.4. The molecule has 2 saturated heterocycles. The van der Waals surface area contributed by atoms with Gasteiger partial charge in [0.15, 0.2) is 0 Å². The lowest BCUT2D eigenvalue weighted by Crippen LogP contribution is -2.54. The highest BCUT2D eigenvalue weighted by atomic mass is 16.6. The standard InChI is InChI=1S/C39H55NO5/c1-6-35(41)44-29-14-16-38(5)28(19-29)12-13-31-30-15-17-39(21-25(3)32(30)20-33(31)38)26(4)36-34(45-39)18-24(2)22-40(36)37(42)43-23-27-10-8-7-9-11-27/h7-11,24,26,28-31,33-34,36H,6,12-23H2,1-5H3/t24-,26+,28+,29+,30-,31-,33-,34+,36-,38-,39-/m0/s1. The number of fused-ring (bicyclic) bond motifs is 6. The van der Waals surface area contributed by atoms with Crippen LogP contribution in [0, 0.1) is 40.9 Å². The smallest absolute Gasteiger partial charge is 0.410 e. The molecule has 1 spiro atoms. The number of piperidine rings is 1. The molecule has 5 fully saturated rings. The van der Waals surface area contributed by atoms with E-state index in [1.165, 1.54) is 32.1 Å². The van der Waals surface area contributed by atoms with Crippen molar-refractivity contribution in [2.24, 2.45) is 40.9 Å². The highest BCUT2D eigenvalue weighted by molar-refractivity contribution is 5.69. The maximum atomic E-state index is 13.6.